The number of nitrogens with one attached hydrogen (secondary N) is 1. The van der Waals surface area contributed by atoms with Crippen LogP contribution in [-0.2, 0) is 32.0 Å². The van der Waals surface area contributed by atoms with Crippen LogP contribution in [0.3, 0.4) is 0 Å². The van der Waals surface area contributed by atoms with Gasteiger partial charge in [0, 0.05) is 6.07 Å². The minimum absolute atomic E-state index is 0.00342. The molecule has 1 amide bonds. The van der Waals surface area contributed by atoms with Gasteiger partial charge in [-0.15, -0.1) is 5.10 Å². The second-order valence-corrected chi connectivity index (χ2v) is 10.7. The number of halogens is 5. The molecule has 0 unspecified atom stereocenters. The number of amides is 1. The summed E-state index contributed by atoms with van der Waals surface area (Å²) in [5.41, 5.74) is -2.10. The number of rotatable bonds is 5. The van der Waals surface area contributed by atoms with Crippen molar-refractivity contribution in [3.05, 3.63) is 65.4 Å². The molecule has 0 spiro atoms. The van der Waals surface area contributed by atoms with E-state index in [-0.39, 0.29) is 23.1 Å². The molecule has 1 aromatic carbocycles. The largest absolute Gasteiger partial charge is 0.419 e. The van der Waals surface area contributed by atoms with Crippen molar-refractivity contribution in [1.82, 2.24) is 19.7 Å². The maximum Gasteiger partial charge on any atom is 0.419 e. The van der Waals surface area contributed by atoms with Crippen molar-refractivity contribution in [2.24, 2.45) is 0 Å². The molecule has 0 bridgehead atoms. The van der Waals surface area contributed by atoms with Crippen molar-refractivity contribution >= 4 is 21.4 Å². The Kier molecular flexibility index (Phi) is 6.11. The normalized spacial score (nSPS) is 19.6. The fourth-order valence-corrected chi connectivity index (χ4v) is 5.62. The Labute approximate surface area is 196 Å². The molecule has 8 nitrogen and oxygen atoms in total. The highest BCUT2D eigenvalue weighted by molar-refractivity contribution is 7.92. The molecule has 1 atom stereocenters. The van der Waals surface area contributed by atoms with Crippen LogP contribution in [0.5, 0.6) is 0 Å². The van der Waals surface area contributed by atoms with Crippen LogP contribution in [0.25, 0.3) is 5.82 Å². The van der Waals surface area contributed by atoms with Gasteiger partial charge < -0.3 is 5.32 Å². The zero-order chi connectivity index (χ0) is 25.6. The highest BCUT2D eigenvalue weighted by Crippen LogP contribution is 2.39. The number of alkyl halides is 3. The molecule has 2 aromatic heterocycles. The molecule has 186 valence electrons. The first-order valence-corrected chi connectivity index (χ1v) is 11.9. The number of carbonyl (C=O) groups is 1. The number of aromatic nitrogens is 4. The molecular formula is C21H18F5N5O3S. The Morgan fingerprint density at radius 3 is 2.60 bits per heavy atom. The summed E-state index contributed by atoms with van der Waals surface area (Å²) in [6.45, 7) is 1.50. The summed E-state index contributed by atoms with van der Waals surface area (Å²) in [5.74, 6) is -3.69. The van der Waals surface area contributed by atoms with Crippen molar-refractivity contribution in [2.45, 2.75) is 37.1 Å². The van der Waals surface area contributed by atoms with Gasteiger partial charge in [-0.3, -0.25) is 4.79 Å². The van der Waals surface area contributed by atoms with E-state index in [9.17, 15) is 35.2 Å². The third-order valence-electron chi connectivity index (χ3n) is 5.78. The van der Waals surface area contributed by atoms with Gasteiger partial charge >= 0.3 is 6.18 Å². The average molecular weight is 515 g/mol. The van der Waals surface area contributed by atoms with Crippen molar-refractivity contribution in [3.8, 4) is 5.82 Å². The molecule has 0 saturated carbocycles. The molecule has 4 rings (SSSR count). The first kappa shape index (κ1) is 24.7. The molecule has 1 saturated heterocycles. The van der Waals surface area contributed by atoms with E-state index in [1.165, 1.54) is 6.92 Å². The maximum atomic E-state index is 14.7. The fourth-order valence-electron chi connectivity index (χ4n) is 3.82. The van der Waals surface area contributed by atoms with Gasteiger partial charge in [-0.1, -0.05) is 12.1 Å². The quantitative estimate of drug-likeness (QED) is 0.521. The molecule has 1 aliphatic rings. The Bertz CT molecular complexity index is 1410. The van der Waals surface area contributed by atoms with Crippen LogP contribution in [0.2, 0.25) is 0 Å². The minimum atomic E-state index is -4.92. The number of carbonyl (C=O) groups excluding carboxylic acids is 1. The zero-order valence-electron chi connectivity index (χ0n) is 18.1. The van der Waals surface area contributed by atoms with Gasteiger partial charge in [0.15, 0.2) is 27.3 Å². The summed E-state index contributed by atoms with van der Waals surface area (Å²) >= 11 is 0. The molecule has 1 aliphatic heterocycles. The molecule has 0 aliphatic carbocycles. The topological polar surface area (TPSA) is 107 Å². The number of nitrogens with zero attached hydrogens (tertiary/aromatic N) is 4. The van der Waals surface area contributed by atoms with Gasteiger partial charge in [0.1, 0.15) is 16.9 Å². The van der Waals surface area contributed by atoms with Crippen LogP contribution < -0.4 is 5.32 Å². The van der Waals surface area contributed by atoms with Crippen LogP contribution in [0.4, 0.5) is 27.6 Å². The summed E-state index contributed by atoms with van der Waals surface area (Å²) in [7, 11) is -3.47. The lowest BCUT2D eigenvalue weighted by atomic mass is 10.1. The number of hydrogen-bond donors (Lipinski definition) is 1. The van der Waals surface area contributed by atoms with Gasteiger partial charge in [-0.05, 0) is 31.4 Å². The van der Waals surface area contributed by atoms with E-state index in [1.807, 2.05) is 0 Å². The highest BCUT2D eigenvalue weighted by atomic mass is 32.2. The average Bonchev–Trinajstić information content (AvgIpc) is 3.34. The highest BCUT2D eigenvalue weighted by Gasteiger charge is 2.48. The summed E-state index contributed by atoms with van der Waals surface area (Å²) < 4.78 is 91.8. The van der Waals surface area contributed by atoms with Crippen LogP contribution >= 0.6 is 0 Å². The van der Waals surface area contributed by atoms with Crippen molar-refractivity contribution in [1.29, 1.82) is 0 Å². The second kappa shape index (κ2) is 8.66. The van der Waals surface area contributed by atoms with E-state index >= 15 is 0 Å². The first-order chi connectivity index (χ1) is 16.3. The Balaban J connectivity index is 1.50. The standard InChI is InChI=1S/C21H18F5N5O3S/c1-20(6-3-7-35(20,33)34)19-28-11-31(30-19)18-15(22)9-13(10-27-18)29-16(32)8-12-4-2-5-14(17(12)23)21(24,25)26/h2,4-5,9-11H,3,6-8H2,1H3,(H,29,32)/t20-/m0/s1. The van der Waals surface area contributed by atoms with Gasteiger partial charge in [-0.25, -0.2) is 27.2 Å². The summed E-state index contributed by atoms with van der Waals surface area (Å²) in [6, 6.07) is 3.47. The number of hydrogen-bond acceptors (Lipinski definition) is 6. The lowest BCUT2D eigenvalue weighted by molar-refractivity contribution is -0.140. The third-order valence-corrected chi connectivity index (χ3v) is 8.36. The molecule has 1 fully saturated rings. The van der Waals surface area contributed by atoms with Gasteiger partial charge in [0.05, 0.1) is 29.6 Å². The molecule has 1 N–H and O–H groups in total. The SMILES string of the molecule is C[C@@]1(c2ncn(-c3ncc(NC(=O)Cc4cccc(C(F)(F)F)c4F)cc3F)n2)CCCS1(=O)=O. The molecule has 0 radical (unpaired) electrons. The van der Waals surface area contributed by atoms with E-state index in [0.717, 1.165) is 35.4 Å². The van der Waals surface area contributed by atoms with Gasteiger partial charge in [0.2, 0.25) is 5.91 Å². The fraction of sp³-hybridized carbons (Fsp3) is 0.333. The number of pyridine rings is 1. The lowest BCUT2D eigenvalue weighted by Crippen LogP contribution is -2.29. The molecule has 3 heterocycles. The maximum absolute atomic E-state index is 14.7. The lowest BCUT2D eigenvalue weighted by Gasteiger charge is -2.18. The first-order valence-electron chi connectivity index (χ1n) is 10.3. The van der Waals surface area contributed by atoms with Gasteiger partial charge in [-0.2, -0.15) is 17.9 Å². The van der Waals surface area contributed by atoms with E-state index in [4.69, 9.17) is 0 Å². The number of benzene rings is 1. The Morgan fingerprint density at radius 1 is 1.23 bits per heavy atom. The Morgan fingerprint density at radius 2 is 1.97 bits per heavy atom. The van der Waals surface area contributed by atoms with Crippen LogP contribution in [0.15, 0.2) is 36.8 Å². The van der Waals surface area contributed by atoms with Crippen LogP contribution in [-0.4, -0.2) is 39.8 Å². The van der Waals surface area contributed by atoms with Crippen LogP contribution in [0.1, 0.15) is 36.7 Å². The zero-order valence-corrected chi connectivity index (χ0v) is 18.9. The summed E-state index contributed by atoms with van der Waals surface area (Å²) in [5, 5.41) is 6.33. The molecular weight excluding hydrogens is 497 g/mol. The van der Waals surface area contributed by atoms with Crippen molar-refractivity contribution in [3.63, 3.8) is 0 Å². The molecule has 3 aromatic rings. The smallest absolute Gasteiger partial charge is 0.324 e. The van der Waals surface area contributed by atoms with E-state index < -0.39 is 55.8 Å². The predicted octanol–water partition coefficient (Wildman–Crippen LogP) is 3.56. The van der Waals surface area contributed by atoms with Crippen molar-refractivity contribution < 1.29 is 35.2 Å². The summed E-state index contributed by atoms with van der Waals surface area (Å²) in [6.07, 6.45) is -2.67. The Hall–Kier alpha value is -3.42. The third kappa shape index (κ3) is 4.61. The van der Waals surface area contributed by atoms with E-state index in [0.29, 0.717) is 18.9 Å². The van der Waals surface area contributed by atoms with E-state index in [2.05, 4.69) is 20.4 Å². The predicted molar refractivity (Wildman–Crippen MR) is 113 cm³/mol. The van der Waals surface area contributed by atoms with E-state index in [1.54, 1.807) is 0 Å². The minimum Gasteiger partial charge on any atom is -0.324 e. The number of anilines is 1. The molecule has 14 heteroatoms. The monoisotopic (exact) mass is 515 g/mol. The van der Waals surface area contributed by atoms with Crippen LogP contribution in [0, 0.1) is 11.6 Å². The summed E-state index contributed by atoms with van der Waals surface area (Å²) in [4.78, 5) is 20.1. The molecule has 35 heavy (non-hydrogen) atoms. The second-order valence-electron chi connectivity index (χ2n) is 8.20. The van der Waals surface area contributed by atoms with Gasteiger partial charge in [0.25, 0.3) is 0 Å². The van der Waals surface area contributed by atoms with Crippen molar-refractivity contribution in [2.75, 3.05) is 11.1 Å². The number of sulfone groups is 1.